The van der Waals surface area contributed by atoms with Crippen LogP contribution in [0.4, 0.5) is 10.5 Å². The Morgan fingerprint density at radius 3 is 2.52 bits per heavy atom. The smallest absolute Gasteiger partial charge is 0.353 e. The zero-order valence-electron chi connectivity index (χ0n) is 14.8. The third-order valence-electron chi connectivity index (χ3n) is 4.21. The van der Waals surface area contributed by atoms with Crippen molar-refractivity contribution < 1.29 is 9.53 Å². The molecule has 3 aromatic rings. The maximum atomic E-state index is 12.1. The molecule has 1 aliphatic heterocycles. The molecule has 7 heteroatoms. The number of para-hydroxylation sites is 1. The van der Waals surface area contributed by atoms with Crippen molar-refractivity contribution in [3.8, 4) is 17.1 Å². The van der Waals surface area contributed by atoms with Gasteiger partial charge in [-0.1, -0.05) is 54.6 Å². The van der Waals surface area contributed by atoms with Crippen molar-refractivity contribution in [1.29, 1.82) is 0 Å². The zero-order chi connectivity index (χ0) is 18.6. The molecule has 2 N–H and O–H groups in total. The summed E-state index contributed by atoms with van der Waals surface area (Å²) < 4.78 is 5.92. The number of nitrogens with one attached hydrogen (secondary N) is 2. The van der Waals surface area contributed by atoms with E-state index in [9.17, 15) is 4.79 Å². The van der Waals surface area contributed by atoms with Crippen molar-refractivity contribution in [2.24, 2.45) is 0 Å². The Bertz CT molecular complexity index is 948. The van der Waals surface area contributed by atoms with Crippen molar-refractivity contribution in [2.75, 3.05) is 12.1 Å². The minimum atomic E-state index is -0.255. The van der Waals surface area contributed by atoms with Crippen molar-refractivity contribution in [3.63, 3.8) is 0 Å². The Balaban J connectivity index is 1.54. The molecule has 2 aromatic carbocycles. The van der Waals surface area contributed by atoms with Gasteiger partial charge in [0.1, 0.15) is 6.61 Å². The number of rotatable bonds is 5. The number of pyridine rings is 1. The van der Waals surface area contributed by atoms with E-state index in [1.165, 1.54) is 5.01 Å². The maximum Gasteiger partial charge on any atom is 0.353 e. The first-order valence-electron chi connectivity index (χ1n) is 8.55. The zero-order valence-corrected chi connectivity index (χ0v) is 14.8. The van der Waals surface area contributed by atoms with Gasteiger partial charge in [-0.2, -0.15) is 0 Å². The molecule has 2 amide bonds. The van der Waals surface area contributed by atoms with Gasteiger partial charge >= 0.3 is 6.03 Å². The summed E-state index contributed by atoms with van der Waals surface area (Å²) in [5, 5.41) is 3.09. The lowest BCUT2D eigenvalue weighted by Crippen LogP contribution is -2.40. The molecule has 0 unspecified atom stereocenters. The van der Waals surface area contributed by atoms with Gasteiger partial charge in [0.15, 0.2) is 0 Å². The van der Waals surface area contributed by atoms with Crippen LogP contribution in [0.2, 0.25) is 0 Å². The second-order valence-electron chi connectivity index (χ2n) is 6.02. The summed E-state index contributed by atoms with van der Waals surface area (Å²) >= 11 is 0. The summed E-state index contributed by atoms with van der Waals surface area (Å²) in [6, 6.07) is 23.0. The molecule has 27 heavy (non-hydrogen) atoms. The lowest BCUT2D eigenvalue weighted by atomic mass is 10.1. The third kappa shape index (κ3) is 3.59. The number of hydrogen-bond acceptors (Lipinski definition) is 5. The molecule has 0 saturated carbocycles. The number of nitrogens with zero attached hydrogens (tertiary/aromatic N) is 3. The number of carbonyl (C=O) groups excluding carboxylic acids is 1. The molecule has 0 bridgehead atoms. The van der Waals surface area contributed by atoms with Crippen LogP contribution in [-0.4, -0.2) is 23.2 Å². The number of aromatic nitrogens is 1. The molecule has 0 radical (unpaired) electrons. The summed E-state index contributed by atoms with van der Waals surface area (Å²) in [6.07, 6.45) is 0. The molecule has 4 rings (SSSR count). The van der Waals surface area contributed by atoms with Crippen LogP contribution in [0.15, 0.2) is 72.8 Å². The van der Waals surface area contributed by atoms with E-state index in [2.05, 4.69) is 15.9 Å². The number of benzene rings is 2. The number of ether oxygens (including phenoxy) is 1. The van der Waals surface area contributed by atoms with E-state index in [1.54, 1.807) is 12.2 Å². The largest absolute Gasteiger partial charge is 0.473 e. The molecule has 0 atom stereocenters. The summed E-state index contributed by atoms with van der Waals surface area (Å²) in [7, 11) is 1.75. The number of urea groups is 1. The second-order valence-corrected chi connectivity index (χ2v) is 6.02. The van der Waals surface area contributed by atoms with Gasteiger partial charge < -0.3 is 4.74 Å². The van der Waals surface area contributed by atoms with Crippen LogP contribution in [-0.2, 0) is 6.61 Å². The van der Waals surface area contributed by atoms with Crippen molar-refractivity contribution >= 4 is 11.7 Å². The molecular formula is C20H19N5O2. The molecule has 1 saturated heterocycles. The van der Waals surface area contributed by atoms with Crippen molar-refractivity contribution in [1.82, 2.24) is 21.1 Å². The quantitative estimate of drug-likeness (QED) is 0.731. The summed E-state index contributed by atoms with van der Waals surface area (Å²) in [6.45, 7) is 0.291. The third-order valence-corrected chi connectivity index (χ3v) is 4.21. The minimum Gasteiger partial charge on any atom is -0.473 e. The molecule has 0 aliphatic carbocycles. The van der Waals surface area contributed by atoms with Crippen LogP contribution in [0.5, 0.6) is 5.88 Å². The van der Waals surface area contributed by atoms with E-state index in [4.69, 9.17) is 4.74 Å². The first kappa shape index (κ1) is 17.0. The van der Waals surface area contributed by atoms with Crippen LogP contribution >= 0.6 is 0 Å². The van der Waals surface area contributed by atoms with E-state index in [-0.39, 0.29) is 6.03 Å². The molecule has 7 nitrogen and oxygen atoms in total. The standard InChI is InChI=1S/C20H19N5O2/c1-24-23-22-20(26)25(24)18-12-6-5-10-16(18)14-27-19-13-7-11-17(21-19)15-8-3-2-4-9-15/h2-13,23H,14H2,1H3,(H,22,26). The monoisotopic (exact) mass is 361 g/mol. The predicted molar refractivity (Wildman–Crippen MR) is 102 cm³/mol. The van der Waals surface area contributed by atoms with Crippen LogP contribution in [0, 0.1) is 0 Å². The van der Waals surface area contributed by atoms with Crippen LogP contribution in [0.25, 0.3) is 11.3 Å². The SMILES string of the molecule is CN1NNC(=O)N1c1ccccc1COc1cccc(-c2ccccc2)n1. The van der Waals surface area contributed by atoms with Crippen molar-refractivity contribution in [3.05, 3.63) is 78.4 Å². The topological polar surface area (TPSA) is 69.7 Å². The highest BCUT2D eigenvalue weighted by atomic mass is 16.5. The summed E-state index contributed by atoms with van der Waals surface area (Å²) in [5.41, 5.74) is 8.80. The Morgan fingerprint density at radius 2 is 1.74 bits per heavy atom. The van der Waals surface area contributed by atoms with Crippen LogP contribution in [0.3, 0.4) is 0 Å². The second kappa shape index (κ2) is 7.45. The van der Waals surface area contributed by atoms with E-state index in [0.29, 0.717) is 12.5 Å². The first-order chi connectivity index (χ1) is 13.2. The summed E-state index contributed by atoms with van der Waals surface area (Å²) in [5.74, 6) is 0.531. The van der Waals surface area contributed by atoms with Crippen LogP contribution in [0.1, 0.15) is 5.56 Å². The van der Waals surface area contributed by atoms with E-state index in [1.807, 2.05) is 72.8 Å². The van der Waals surface area contributed by atoms with Gasteiger partial charge in [-0.3, -0.25) is 5.43 Å². The molecule has 1 aliphatic rings. The molecular weight excluding hydrogens is 342 g/mol. The highest BCUT2D eigenvalue weighted by Crippen LogP contribution is 2.25. The molecule has 0 spiro atoms. The first-order valence-corrected chi connectivity index (χ1v) is 8.55. The number of hydrazine groups is 3. The van der Waals surface area contributed by atoms with Gasteiger partial charge in [-0.05, 0) is 12.1 Å². The molecule has 2 heterocycles. The van der Waals surface area contributed by atoms with Gasteiger partial charge in [0.25, 0.3) is 0 Å². The van der Waals surface area contributed by atoms with Crippen molar-refractivity contribution in [2.45, 2.75) is 6.61 Å². The molecule has 1 aromatic heterocycles. The Kier molecular flexibility index (Phi) is 4.69. The Labute approximate surface area is 157 Å². The van der Waals surface area contributed by atoms with E-state index >= 15 is 0 Å². The predicted octanol–water partition coefficient (Wildman–Crippen LogP) is 3.12. The fourth-order valence-corrected chi connectivity index (χ4v) is 2.90. The van der Waals surface area contributed by atoms with Gasteiger partial charge in [0.05, 0.1) is 11.4 Å². The average Bonchev–Trinajstić information content (AvgIpc) is 3.05. The normalized spacial score (nSPS) is 14.3. The fourth-order valence-electron chi connectivity index (χ4n) is 2.90. The van der Waals surface area contributed by atoms with Gasteiger partial charge in [-0.15, -0.1) is 10.7 Å². The summed E-state index contributed by atoms with van der Waals surface area (Å²) in [4.78, 5) is 16.6. The minimum absolute atomic E-state index is 0.255. The van der Waals surface area contributed by atoms with Gasteiger partial charge in [-0.25, -0.2) is 14.8 Å². The number of amides is 2. The van der Waals surface area contributed by atoms with E-state index < -0.39 is 0 Å². The molecule has 1 fully saturated rings. The van der Waals surface area contributed by atoms with Gasteiger partial charge in [0.2, 0.25) is 5.88 Å². The average molecular weight is 361 g/mol. The lowest BCUT2D eigenvalue weighted by Gasteiger charge is -2.23. The maximum absolute atomic E-state index is 12.1. The van der Waals surface area contributed by atoms with Gasteiger partial charge in [0, 0.05) is 24.2 Å². The highest BCUT2D eigenvalue weighted by Gasteiger charge is 2.28. The highest BCUT2D eigenvalue weighted by molar-refractivity contribution is 5.92. The molecule has 136 valence electrons. The van der Waals surface area contributed by atoms with Crippen LogP contribution < -0.4 is 20.7 Å². The Morgan fingerprint density at radius 1 is 0.963 bits per heavy atom. The van der Waals surface area contributed by atoms with E-state index in [0.717, 1.165) is 22.5 Å². The fraction of sp³-hybridized carbons (Fsp3) is 0.100. The number of anilines is 1. The number of carbonyl (C=O) groups is 1. The number of hydrogen-bond donors (Lipinski definition) is 2. The lowest BCUT2D eigenvalue weighted by molar-refractivity contribution is 0.245. The Hall–Kier alpha value is -3.42.